The SMILES string of the molecule is CC(=O)CCCCCCCNC(=O)CCCCCNc1c2ccccc2nc2ccccc12. The molecule has 0 bridgehead atoms. The van der Waals surface area contributed by atoms with E-state index >= 15 is 0 Å². The number of hydrogen-bond acceptors (Lipinski definition) is 4. The Morgan fingerprint density at radius 3 is 1.94 bits per heavy atom. The van der Waals surface area contributed by atoms with Crippen molar-refractivity contribution in [2.75, 3.05) is 18.4 Å². The average Bonchev–Trinajstić information content (AvgIpc) is 2.82. The number of benzene rings is 2. The highest BCUT2D eigenvalue weighted by Gasteiger charge is 2.08. The van der Waals surface area contributed by atoms with Gasteiger partial charge in [0, 0.05) is 36.7 Å². The summed E-state index contributed by atoms with van der Waals surface area (Å²) >= 11 is 0. The van der Waals surface area contributed by atoms with Crippen LogP contribution in [0.2, 0.25) is 0 Å². The van der Waals surface area contributed by atoms with Crippen molar-refractivity contribution in [2.45, 2.75) is 71.1 Å². The number of Topliss-reactive ketones (excluding diaryl/α,β-unsaturated/α-hetero) is 1. The van der Waals surface area contributed by atoms with Gasteiger partial charge in [0.05, 0.1) is 16.7 Å². The second-order valence-electron chi connectivity index (χ2n) is 8.83. The van der Waals surface area contributed by atoms with Gasteiger partial charge in [-0.05, 0) is 44.7 Å². The lowest BCUT2D eigenvalue weighted by Crippen LogP contribution is -2.24. The number of aromatic nitrogens is 1. The fourth-order valence-electron chi connectivity index (χ4n) is 4.18. The van der Waals surface area contributed by atoms with Crippen LogP contribution in [0.5, 0.6) is 0 Å². The first-order valence-corrected chi connectivity index (χ1v) is 12.4. The summed E-state index contributed by atoms with van der Waals surface area (Å²) in [4.78, 5) is 27.7. The smallest absolute Gasteiger partial charge is 0.219 e. The van der Waals surface area contributed by atoms with E-state index in [0.29, 0.717) is 12.8 Å². The molecule has 1 aromatic heterocycles. The van der Waals surface area contributed by atoms with Gasteiger partial charge in [-0.15, -0.1) is 0 Å². The van der Waals surface area contributed by atoms with Crippen LogP contribution in [0.15, 0.2) is 48.5 Å². The molecule has 0 aliphatic heterocycles. The molecule has 0 spiro atoms. The lowest BCUT2D eigenvalue weighted by atomic mass is 10.1. The summed E-state index contributed by atoms with van der Waals surface area (Å²) < 4.78 is 0. The summed E-state index contributed by atoms with van der Waals surface area (Å²) in [6, 6.07) is 16.5. The Balaban J connectivity index is 1.30. The van der Waals surface area contributed by atoms with Crippen LogP contribution in [0.3, 0.4) is 0 Å². The zero-order valence-electron chi connectivity index (χ0n) is 19.9. The van der Waals surface area contributed by atoms with Gasteiger partial charge in [0.2, 0.25) is 5.91 Å². The van der Waals surface area contributed by atoms with E-state index in [2.05, 4.69) is 47.0 Å². The topological polar surface area (TPSA) is 71.1 Å². The number of para-hydroxylation sites is 2. The fraction of sp³-hybridized carbons (Fsp3) is 0.464. The van der Waals surface area contributed by atoms with Crippen LogP contribution in [0, 0.1) is 0 Å². The summed E-state index contributed by atoms with van der Waals surface area (Å²) in [5.74, 6) is 0.433. The normalized spacial score (nSPS) is 11.1. The molecule has 2 N–H and O–H groups in total. The number of unbranched alkanes of at least 4 members (excludes halogenated alkanes) is 6. The van der Waals surface area contributed by atoms with Crippen molar-refractivity contribution >= 4 is 39.2 Å². The van der Waals surface area contributed by atoms with E-state index in [0.717, 1.165) is 91.9 Å². The fourth-order valence-corrected chi connectivity index (χ4v) is 4.18. The molecular formula is C28H37N3O2. The van der Waals surface area contributed by atoms with E-state index in [1.807, 2.05) is 12.1 Å². The molecular weight excluding hydrogens is 410 g/mol. The highest BCUT2D eigenvalue weighted by molar-refractivity contribution is 6.07. The predicted octanol–water partition coefficient (Wildman–Crippen LogP) is 6.41. The third kappa shape index (κ3) is 8.16. The van der Waals surface area contributed by atoms with Crippen LogP contribution in [-0.4, -0.2) is 29.8 Å². The first kappa shape index (κ1) is 24.7. The summed E-state index contributed by atoms with van der Waals surface area (Å²) in [6.07, 6.45) is 9.62. The number of ketones is 1. The van der Waals surface area contributed by atoms with Gasteiger partial charge in [-0.3, -0.25) is 4.79 Å². The van der Waals surface area contributed by atoms with Crippen molar-refractivity contribution in [2.24, 2.45) is 0 Å². The van der Waals surface area contributed by atoms with E-state index in [1.54, 1.807) is 6.92 Å². The average molecular weight is 448 g/mol. The van der Waals surface area contributed by atoms with Crippen LogP contribution in [-0.2, 0) is 9.59 Å². The van der Waals surface area contributed by atoms with Gasteiger partial charge in [-0.2, -0.15) is 0 Å². The quantitative estimate of drug-likeness (QED) is 0.209. The first-order chi connectivity index (χ1) is 16.1. The number of carbonyl (C=O) groups excluding carboxylic acids is 2. The molecule has 1 heterocycles. The molecule has 0 saturated heterocycles. The molecule has 2 aromatic carbocycles. The maximum absolute atomic E-state index is 12.0. The molecule has 0 saturated carbocycles. The molecule has 0 atom stereocenters. The van der Waals surface area contributed by atoms with Gasteiger partial charge in [0.25, 0.3) is 0 Å². The zero-order valence-corrected chi connectivity index (χ0v) is 19.9. The summed E-state index contributed by atoms with van der Waals surface area (Å²) in [7, 11) is 0. The number of carbonyl (C=O) groups is 2. The Kier molecular flexibility index (Phi) is 10.1. The molecule has 0 fully saturated rings. The number of nitrogens with one attached hydrogen (secondary N) is 2. The second-order valence-corrected chi connectivity index (χ2v) is 8.83. The number of hydrogen-bond donors (Lipinski definition) is 2. The minimum Gasteiger partial charge on any atom is -0.384 e. The molecule has 0 aliphatic rings. The molecule has 5 nitrogen and oxygen atoms in total. The Morgan fingerprint density at radius 2 is 1.24 bits per heavy atom. The molecule has 33 heavy (non-hydrogen) atoms. The van der Waals surface area contributed by atoms with Gasteiger partial charge >= 0.3 is 0 Å². The van der Waals surface area contributed by atoms with Crippen molar-refractivity contribution < 1.29 is 9.59 Å². The largest absolute Gasteiger partial charge is 0.384 e. The molecule has 1 amide bonds. The number of pyridine rings is 1. The van der Waals surface area contributed by atoms with Crippen molar-refractivity contribution in [3.63, 3.8) is 0 Å². The van der Waals surface area contributed by atoms with Crippen LogP contribution < -0.4 is 10.6 Å². The van der Waals surface area contributed by atoms with Crippen molar-refractivity contribution in [3.05, 3.63) is 48.5 Å². The molecule has 176 valence electrons. The number of nitrogens with zero attached hydrogens (tertiary/aromatic N) is 1. The third-order valence-corrected chi connectivity index (χ3v) is 6.00. The highest BCUT2D eigenvalue weighted by Crippen LogP contribution is 2.30. The summed E-state index contributed by atoms with van der Waals surface area (Å²) in [5, 5.41) is 8.96. The second kappa shape index (κ2) is 13.6. The minimum atomic E-state index is 0.158. The Morgan fingerprint density at radius 1 is 0.697 bits per heavy atom. The molecule has 5 heteroatoms. The maximum Gasteiger partial charge on any atom is 0.219 e. The van der Waals surface area contributed by atoms with E-state index < -0.39 is 0 Å². The molecule has 0 radical (unpaired) electrons. The summed E-state index contributed by atoms with van der Waals surface area (Å²) in [6.45, 7) is 3.29. The Bertz CT molecular complexity index is 994. The Hall–Kier alpha value is -2.95. The van der Waals surface area contributed by atoms with Crippen molar-refractivity contribution in [1.82, 2.24) is 10.3 Å². The number of rotatable bonds is 15. The van der Waals surface area contributed by atoms with E-state index in [9.17, 15) is 9.59 Å². The highest BCUT2D eigenvalue weighted by atomic mass is 16.1. The predicted molar refractivity (Wildman–Crippen MR) is 138 cm³/mol. The van der Waals surface area contributed by atoms with E-state index in [4.69, 9.17) is 4.98 Å². The Labute approximate surface area is 197 Å². The molecule has 3 aromatic rings. The number of amides is 1. The van der Waals surface area contributed by atoms with Crippen LogP contribution in [0.1, 0.15) is 71.1 Å². The van der Waals surface area contributed by atoms with Gasteiger partial charge in [-0.25, -0.2) is 4.98 Å². The molecule has 0 unspecified atom stereocenters. The molecule has 3 rings (SSSR count). The zero-order chi connectivity index (χ0) is 23.3. The van der Waals surface area contributed by atoms with Gasteiger partial charge in [-0.1, -0.05) is 62.1 Å². The van der Waals surface area contributed by atoms with E-state index in [-0.39, 0.29) is 11.7 Å². The van der Waals surface area contributed by atoms with Crippen LogP contribution in [0.4, 0.5) is 5.69 Å². The maximum atomic E-state index is 12.0. The van der Waals surface area contributed by atoms with Crippen LogP contribution in [0.25, 0.3) is 21.8 Å². The summed E-state index contributed by atoms with van der Waals surface area (Å²) in [5.41, 5.74) is 3.16. The third-order valence-electron chi connectivity index (χ3n) is 6.00. The lowest BCUT2D eigenvalue weighted by Gasteiger charge is -2.13. The first-order valence-electron chi connectivity index (χ1n) is 12.4. The van der Waals surface area contributed by atoms with Gasteiger partial charge < -0.3 is 15.4 Å². The van der Waals surface area contributed by atoms with Gasteiger partial charge in [0.1, 0.15) is 5.78 Å². The van der Waals surface area contributed by atoms with Crippen LogP contribution >= 0.6 is 0 Å². The van der Waals surface area contributed by atoms with E-state index in [1.165, 1.54) is 0 Å². The number of anilines is 1. The van der Waals surface area contributed by atoms with Gasteiger partial charge in [0.15, 0.2) is 0 Å². The molecule has 0 aliphatic carbocycles. The van der Waals surface area contributed by atoms with Crippen molar-refractivity contribution in [1.29, 1.82) is 0 Å². The van der Waals surface area contributed by atoms with Crippen molar-refractivity contribution in [3.8, 4) is 0 Å². The number of fused-ring (bicyclic) bond motifs is 2. The minimum absolute atomic E-state index is 0.158. The lowest BCUT2D eigenvalue weighted by molar-refractivity contribution is -0.121. The standard InChI is InChI=1S/C28H37N3O2/c1-22(32)14-6-3-2-4-12-20-29-27(33)19-7-5-13-21-30-28-23-15-8-10-17-25(23)31-26-18-11-9-16-24(26)28/h8-11,15-18H,2-7,12-14,19-21H2,1H3,(H,29,33)(H,30,31). The monoisotopic (exact) mass is 447 g/mol.